The standard InChI is InChI=1S/C18H28N2O5Si/c1-8-18(11-21)13(25-26(6,7)17(3,4)5)9-14(24-18)20-10-12(2)15(22)19-16(20)23/h1,10,13-14,21H,9,11H2,2-7H3,(H,19,22,23)/t13-,14-,18-/m1/s1. The summed E-state index contributed by atoms with van der Waals surface area (Å²) in [5.74, 6) is 2.53. The van der Waals surface area contributed by atoms with Gasteiger partial charge in [-0.05, 0) is 25.1 Å². The smallest absolute Gasteiger partial charge is 0.330 e. The zero-order chi connectivity index (χ0) is 19.9. The Morgan fingerprint density at radius 2 is 2.12 bits per heavy atom. The first-order chi connectivity index (χ1) is 11.9. The van der Waals surface area contributed by atoms with Crippen LogP contribution in [0.3, 0.4) is 0 Å². The van der Waals surface area contributed by atoms with Gasteiger partial charge in [0.2, 0.25) is 0 Å². The van der Waals surface area contributed by atoms with Crippen molar-refractivity contribution >= 4 is 8.32 Å². The number of H-pyrrole nitrogens is 1. The number of aliphatic hydroxyl groups excluding tert-OH is 1. The van der Waals surface area contributed by atoms with E-state index >= 15 is 0 Å². The van der Waals surface area contributed by atoms with Crippen LogP contribution in [0.15, 0.2) is 15.8 Å². The van der Waals surface area contributed by atoms with Gasteiger partial charge in [0.1, 0.15) is 6.23 Å². The largest absolute Gasteiger partial charge is 0.410 e. The quantitative estimate of drug-likeness (QED) is 0.610. The second-order valence-electron chi connectivity index (χ2n) is 8.35. The molecule has 0 radical (unpaired) electrons. The van der Waals surface area contributed by atoms with E-state index in [1.165, 1.54) is 10.8 Å². The molecule has 0 unspecified atom stereocenters. The summed E-state index contributed by atoms with van der Waals surface area (Å²) in [5.41, 5.74) is -1.97. The van der Waals surface area contributed by atoms with Crippen molar-refractivity contribution in [1.29, 1.82) is 0 Å². The maximum Gasteiger partial charge on any atom is 0.330 e. The Bertz CT molecular complexity index is 830. The van der Waals surface area contributed by atoms with Gasteiger partial charge in [-0.15, -0.1) is 6.42 Å². The highest BCUT2D eigenvalue weighted by Gasteiger charge is 2.52. The lowest BCUT2D eigenvalue weighted by atomic mass is 9.99. The Morgan fingerprint density at radius 3 is 2.62 bits per heavy atom. The van der Waals surface area contributed by atoms with Crippen LogP contribution in [0.2, 0.25) is 18.1 Å². The van der Waals surface area contributed by atoms with Crippen molar-refractivity contribution in [2.45, 2.75) is 70.2 Å². The summed E-state index contributed by atoms with van der Waals surface area (Å²) in [5, 5.41) is 9.89. The zero-order valence-corrected chi connectivity index (χ0v) is 17.3. The molecule has 0 saturated carbocycles. The van der Waals surface area contributed by atoms with Crippen LogP contribution in [0, 0.1) is 19.3 Å². The number of aliphatic hydroxyl groups is 1. The number of hydrogen-bond acceptors (Lipinski definition) is 5. The van der Waals surface area contributed by atoms with Gasteiger partial charge in [-0.1, -0.05) is 26.7 Å². The van der Waals surface area contributed by atoms with Crippen molar-refractivity contribution in [3.05, 3.63) is 32.6 Å². The molecule has 1 aromatic rings. The van der Waals surface area contributed by atoms with Gasteiger partial charge in [0.05, 0.1) is 12.7 Å². The van der Waals surface area contributed by atoms with Gasteiger partial charge in [0.15, 0.2) is 13.9 Å². The van der Waals surface area contributed by atoms with Crippen molar-refractivity contribution in [2.75, 3.05) is 6.61 Å². The molecule has 1 fully saturated rings. The highest BCUT2D eigenvalue weighted by molar-refractivity contribution is 6.74. The fourth-order valence-electron chi connectivity index (χ4n) is 2.70. The van der Waals surface area contributed by atoms with Crippen LogP contribution in [-0.4, -0.2) is 41.3 Å². The molecule has 0 aromatic carbocycles. The summed E-state index contributed by atoms with van der Waals surface area (Å²) < 4.78 is 13.7. The first kappa shape index (κ1) is 20.6. The Hall–Kier alpha value is -1.66. The minimum Gasteiger partial charge on any atom is -0.410 e. The molecule has 0 amide bonds. The molecule has 2 rings (SSSR count). The molecule has 1 aliphatic heterocycles. The molecule has 2 N–H and O–H groups in total. The van der Waals surface area contributed by atoms with Crippen LogP contribution in [0.5, 0.6) is 0 Å². The predicted octanol–water partition coefficient (Wildman–Crippen LogP) is 1.52. The number of terminal acetylenes is 1. The second kappa shape index (κ2) is 6.81. The van der Waals surface area contributed by atoms with Crippen LogP contribution >= 0.6 is 0 Å². The van der Waals surface area contributed by atoms with Gasteiger partial charge in [-0.3, -0.25) is 14.3 Å². The average Bonchev–Trinajstić information content (AvgIpc) is 2.88. The van der Waals surface area contributed by atoms with Crippen molar-refractivity contribution in [2.24, 2.45) is 0 Å². The van der Waals surface area contributed by atoms with E-state index in [2.05, 4.69) is 44.8 Å². The molecule has 1 aliphatic rings. The van der Waals surface area contributed by atoms with Crippen molar-refractivity contribution in [3.63, 3.8) is 0 Å². The van der Waals surface area contributed by atoms with Crippen LogP contribution in [0.25, 0.3) is 0 Å². The molecule has 26 heavy (non-hydrogen) atoms. The van der Waals surface area contributed by atoms with Gasteiger partial charge >= 0.3 is 5.69 Å². The third kappa shape index (κ3) is 3.57. The average molecular weight is 381 g/mol. The summed E-state index contributed by atoms with van der Waals surface area (Å²) in [6.45, 7) is 11.7. The van der Waals surface area contributed by atoms with Crippen molar-refractivity contribution < 1.29 is 14.3 Å². The maximum absolute atomic E-state index is 12.2. The van der Waals surface area contributed by atoms with Crippen molar-refractivity contribution in [1.82, 2.24) is 9.55 Å². The Labute approximate surface area is 154 Å². The van der Waals surface area contributed by atoms with E-state index in [1.54, 1.807) is 6.92 Å². The highest BCUT2D eigenvalue weighted by atomic mass is 28.4. The van der Waals surface area contributed by atoms with Gasteiger partial charge in [-0.25, -0.2) is 4.79 Å². The fourth-order valence-corrected chi connectivity index (χ4v) is 4.05. The lowest BCUT2D eigenvalue weighted by Gasteiger charge is -2.41. The molecule has 3 atom stereocenters. The molecule has 144 valence electrons. The minimum absolute atomic E-state index is 0.0493. The SMILES string of the molecule is C#C[C@]1(CO)O[C@@H](n2cc(C)c(=O)[nH]c2=O)C[C@H]1O[Si](C)(C)C(C)(C)C. The van der Waals surface area contributed by atoms with Crippen LogP contribution in [-0.2, 0) is 9.16 Å². The summed E-state index contributed by atoms with van der Waals surface area (Å²) in [6.07, 6.45) is 6.16. The summed E-state index contributed by atoms with van der Waals surface area (Å²) in [7, 11) is -2.19. The molecule has 0 spiro atoms. The van der Waals surface area contributed by atoms with Crippen molar-refractivity contribution in [3.8, 4) is 12.3 Å². The lowest BCUT2D eigenvalue weighted by molar-refractivity contribution is -0.0888. The summed E-state index contributed by atoms with van der Waals surface area (Å²) >= 11 is 0. The molecule has 0 aliphatic carbocycles. The molecule has 2 heterocycles. The fraction of sp³-hybridized carbons (Fsp3) is 0.667. The number of hydrogen-bond donors (Lipinski definition) is 2. The Kier molecular flexibility index (Phi) is 5.41. The summed E-state index contributed by atoms with van der Waals surface area (Å²) in [6, 6.07) is 0. The van der Waals surface area contributed by atoms with Gasteiger partial charge in [-0.2, -0.15) is 0 Å². The van der Waals surface area contributed by atoms with E-state index in [1.807, 2.05) is 0 Å². The first-order valence-corrected chi connectivity index (χ1v) is 11.5. The van der Waals surface area contributed by atoms with Gasteiger partial charge in [0.25, 0.3) is 5.56 Å². The van der Waals surface area contributed by atoms with Crippen LogP contribution < -0.4 is 11.2 Å². The number of nitrogens with zero attached hydrogens (tertiary/aromatic N) is 1. The van der Waals surface area contributed by atoms with Crippen LogP contribution in [0.1, 0.15) is 39.0 Å². The van der Waals surface area contributed by atoms with E-state index < -0.39 is 44.1 Å². The van der Waals surface area contributed by atoms with Gasteiger partial charge in [0, 0.05) is 18.2 Å². The van der Waals surface area contributed by atoms with E-state index in [-0.39, 0.29) is 5.04 Å². The topological polar surface area (TPSA) is 93.5 Å². The molecule has 7 nitrogen and oxygen atoms in total. The number of aryl methyl sites for hydroxylation is 1. The minimum atomic E-state index is -2.19. The monoisotopic (exact) mass is 380 g/mol. The number of aromatic amines is 1. The second-order valence-corrected chi connectivity index (χ2v) is 13.1. The molecule has 1 aromatic heterocycles. The number of nitrogens with one attached hydrogen (secondary N) is 1. The van der Waals surface area contributed by atoms with E-state index in [0.717, 1.165) is 0 Å². The molecule has 1 saturated heterocycles. The molecule has 8 heteroatoms. The third-order valence-corrected chi connectivity index (χ3v) is 9.95. The maximum atomic E-state index is 12.2. The number of aromatic nitrogens is 2. The molecular formula is C18H28N2O5Si. The van der Waals surface area contributed by atoms with E-state index in [4.69, 9.17) is 15.6 Å². The Morgan fingerprint density at radius 1 is 1.50 bits per heavy atom. The van der Waals surface area contributed by atoms with E-state index in [9.17, 15) is 14.7 Å². The van der Waals surface area contributed by atoms with E-state index in [0.29, 0.717) is 12.0 Å². The normalized spacial score (nSPS) is 26.7. The van der Waals surface area contributed by atoms with Crippen LogP contribution in [0.4, 0.5) is 0 Å². The van der Waals surface area contributed by atoms with Gasteiger partial charge < -0.3 is 14.3 Å². The molecular weight excluding hydrogens is 352 g/mol. The first-order valence-electron chi connectivity index (χ1n) is 8.63. The third-order valence-electron chi connectivity index (χ3n) is 5.46. The predicted molar refractivity (Wildman–Crippen MR) is 102 cm³/mol. The highest BCUT2D eigenvalue weighted by Crippen LogP contribution is 2.44. The summed E-state index contributed by atoms with van der Waals surface area (Å²) in [4.78, 5) is 26.1. The lowest BCUT2D eigenvalue weighted by Crippen LogP contribution is -2.51. The number of rotatable bonds is 4. The Balaban J connectivity index is 2.42. The zero-order valence-electron chi connectivity index (χ0n) is 16.3. The number of ether oxygens (including phenoxy) is 1. The molecule has 0 bridgehead atoms.